The van der Waals surface area contributed by atoms with Gasteiger partial charge in [0.15, 0.2) is 4.75 Å². The lowest BCUT2D eigenvalue weighted by Crippen LogP contribution is -2.55. The molecule has 7 heteroatoms. The zero-order chi connectivity index (χ0) is 17.6. The average Bonchev–Trinajstić information content (AvgIpc) is 2.48. The maximum absolute atomic E-state index is 12.5. The van der Waals surface area contributed by atoms with Crippen LogP contribution in [0.15, 0.2) is 0 Å². The third-order valence-electron chi connectivity index (χ3n) is 4.42. The molecule has 0 unspecified atom stereocenters. The van der Waals surface area contributed by atoms with Crippen LogP contribution in [0.1, 0.15) is 67.2 Å². The van der Waals surface area contributed by atoms with E-state index in [1.54, 1.807) is 0 Å². The summed E-state index contributed by atoms with van der Waals surface area (Å²) < 4.78 is 24.8. The Balaban J connectivity index is 0.00000211. The van der Waals surface area contributed by atoms with Gasteiger partial charge in [-0.2, -0.15) is 0 Å². The zero-order valence-corrected chi connectivity index (χ0v) is 15.6. The molecule has 0 bridgehead atoms. The summed E-state index contributed by atoms with van der Waals surface area (Å²) in [7, 11) is -3.78. The first-order chi connectivity index (χ1) is 10.1. The van der Waals surface area contributed by atoms with Crippen molar-refractivity contribution in [2.45, 2.75) is 72.0 Å². The predicted molar refractivity (Wildman–Crippen MR) is 88.1 cm³/mol. The van der Waals surface area contributed by atoms with Gasteiger partial charge in [0, 0.05) is 13.1 Å². The van der Waals surface area contributed by atoms with Crippen molar-refractivity contribution in [2.75, 3.05) is 13.1 Å². The fourth-order valence-electron chi connectivity index (χ4n) is 2.69. The predicted octanol–water partition coefficient (Wildman–Crippen LogP) is 2.53. The average molecular weight is 336 g/mol. The first-order valence-corrected chi connectivity index (χ1v) is 9.49. The van der Waals surface area contributed by atoms with E-state index in [1.165, 1.54) is 23.6 Å². The van der Waals surface area contributed by atoms with E-state index in [9.17, 15) is 13.2 Å². The minimum absolute atomic E-state index is 0.185. The van der Waals surface area contributed by atoms with Gasteiger partial charge in [0.1, 0.15) is 0 Å². The number of hydrogen-bond donors (Lipinski definition) is 2. The molecule has 1 heterocycles. The molecule has 1 aliphatic heterocycles. The minimum Gasteiger partial charge on any atom is -0.289 e. The summed E-state index contributed by atoms with van der Waals surface area (Å²) in [5.74, 6) is -0.903. The molecule has 132 valence electrons. The van der Waals surface area contributed by atoms with E-state index in [-0.39, 0.29) is 5.41 Å². The fourth-order valence-corrected chi connectivity index (χ4v) is 4.28. The van der Waals surface area contributed by atoms with E-state index in [0.29, 0.717) is 13.1 Å². The van der Waals surface area contributed by atoms with Crippen LogP contribution < -0.4 is 5.48 Å². The van der Waals surface area contributed by atoms with Crippen molar-refractivity contribution in [1.29, 1.82) is 0 Å². The van der Waals surface area contributed by atoms with Crippen LogP contribution in [0.25, 0.3) is 0 Å². The summed E-state index contributed by atoms with van der Waals surface area (Å²) >= 11 is 0. The number of amides is 1. The van der Waals surface area contributed by atoms with Gasteiger partial charge in [-0.1, -0.05) is 34.1 Å². The van der Waals surface area contributed by atoms with Gasteiger partial charge in [-0.3, -0.25) is 10.0 Å². The molecule has 2 N–H and O–H groups in total. The molecule has 0 atom stereocenters. The van der Waals surface area contributed by atoms with Crippen molar-refractivity contribution in [2.24, 2.45) is 5.41 Å². The fraction of sp³-hybridized carbons (Fsp3) is 0.933. The highest BCUT2D eigenvalue weighted by atomic mass is 32.2. The molecule has 0 radical (unpaired) electrons. The molecule has 0 aromatic heterocycles. The van der Waals surface area contributed by atoms with Crippen LogP contribution in [0.2, 0.25) is 0 Å². The summed E-state index contributed by atoms with van der Waals surface area (Å²) in [6.07, 6.45) is 3.77. The zero-order valence-electron chi connectivity index (χ0n) is 14.8. The molecule has 1 saturated heterocycles. The number of nitrogens with zero attached hydrogens (tertiary/aromatic N) is 1. The molecule has 0 aliphatic carbocycles. The second-order valence-corrected chi connectivity index (χ2v) is 8.90. The minimum atomic E-state index is -3.78. The lowest BCUT2D eigenvalue weighted by Gasteiger charge is -2.41. The van der Waals surface area contributed by atoms with Crippen LogP contribution in [0.4, 0.5) is 0 Å². The molecule has 1 rings (SSSR count). The number of piperidine rings is 1. The Bertz CT molecular complexity index is 452. The Morgan fingerprint density at radius 2 is 1.73 bits per heavy atom. The Kier molecular flexibility index (Phi) is 8.02. The standard InChI is InChI=1S/C13H26N2O4S.C2H6/c1-5-6-13(4)7-9-15(10-8-13)20(18,19)12(2,3)11(16)14-17;1-2/h17H,5-10H2,1-4H3,(H,14,16);1-2H3. The van der Waals surface area contributed by atoms with E-state index in [0.717, 1.165) is 25.7 Å². The van der Waals surface area contributed by atoms with Crippen molar-refractivity contribution >= 4 is 15.9 Å². The monoisotopic (exact) mass is 336 g/mol. The van der Waals surface area contributed by atoms with E-state index >= 15 is 0 Å². The highest BCUT2D eigenvalue weighted by Crippen LogP contribution is 2.37. The highest BCUT2D eigenvalue weighted by Gasteiger charge is 2.47. The van der Waals surface area contributed by atoms with Crippen LogP contribution in [-0.4, -0.2) is 41.7 Å². The maximum Gasteiger partial charge on any atom is 0.265 e. The molecule has 0 spiro atoms. The van der Waals surface area contributed by atoms with Gasteiger partial charge in [0.25, 0.3) is 5.91 Å². The topological polar surface area (TPSA) is 86.7 Å². The number of hydroxylamine groups is 1. The van der Waals surface area contributed by atoms with Gasteiger partial charge in [-0.25, -0.2) is 18.2 Å². The second kappa shape index (κ2) is 8.26. The lowest BCUT2D eigenvalue weighted by molar-refractivity contribution is -0.131. The Labute approximate surface area is 135 Å². The van der Waals surface area contributed by atoms with E-state index < -0.39 is 20.7 Å². The van der Waals surface area contributed by atoms with Gasteiger partial charge in [-0.05, 0) is 38.5 Å². The lowest BCUT2D eigenvalue weighted by atomic mass is 9.77. The quantitative estimate of drug-likeness (QED) is 0.596. The first kappa shape index (κ1) is 21.3. The van der Waals surface area contributed by atoms with E-state index in [1.807, 2.05) is 13.8 Å². The second-order valence-electron chi connectivity index (χ2n) is 6.42. The highest BCUT2D eigenvalue weighted by molar-refractivity contribution is 7.91. The summed E-state index contributed by atoms with van der Waals surface area (Å²) in [6.45, 7) is 11.8. The largest absolute Gasteiger partial charge is 0.289 e. The third kappa shape index (κ3) is 4.43. The van der Waals surface area contributed by atoms with Crippen LogP contribution >= 0.6 is 0 Å². The van der Waals surface area contributed by atoms with E-state index in [2.05, 4.69) is 13.8 Å². The van der Waals surface area contributed by atoms with Crippen molar-refractivity contribution in [3.05, 3.63) is 0 Å². The van der Waals surface area contributed by atoms with Crippen LogP contribution in [0, 0.1) is 5.41 Å². The SMILES string of the molecule is CC.CCCC1(C)CCN(S(=O)(=O)C(C)(C)C(=O)NO)CC1. The van der Waals surface area contributed by atoms with Gasteiger partial charge >= 0.3 is 0 Å². The third-order valence-corrected chi connectivity index (χ3v) is 6.94. The number of nitrogens with one attached hydrogen (secondary N) is 1. The molecule has 0 saturated carbocycles. The molecule has 1 aliphatic rings. The number of rotatable bonds is 5. The Morgan fingerprint density at radius 1 is 1.27 bits per heavy atom. The normalized spacial score (nSPS) is 19.0. The van der Waals surface area contributed by atoms with Crippen LogP contribution in [0.5, 0.6) is 0 Å². The first-order valence-electron chi connectivity index (χ1n) is 8.05. The molecular formula is C15H32N2O4S. The van der Waals surface area contributed by atoms with E-state index in [4.69, 9.17) is 5.21 Å². The summed E-state index contributed by atoms with van der Waals surface area (Å²) in [4.78, 5) is 11.6. The van der Waals surface area contributed by atoms with Crippen molar-refractivity contribution in [3.8, 4) is 0 Å². The molecule has 0 aromatic rings. The number of carbonyl (C=O) groups excluding carboxylic acids is 1. The molecule has 22 heavy (non-hydrogen) atoms. The van der Waals surface area contributed by atoms with Crippen LogP contribution in [0.3, 0.4) is 0 Å². The number of sulfonamides is 1. The van der Waals surface area contributed by atoms with Gasteiger partial charge in [0.2, 0.25) is 10.0 Å². The summed E-state index contributed by atoms with van der Waals surface area (Å²) in [6, 6.07) is 0. The number of carbonyl (C=O) groups is 1. The summed E-state index contributed by atoms with van der Waals surface area (Å²) in [5, 5.41) is 8.70. The smallest absolute Gasteiger partial charge is 0.265 e. The van der Waals surface area contributed by atoms with Gasteiger partial charge < -0.3 is 0 Å². The Morgan fingerprint density at radius 3 is 2.09 bits per heavy atom. The Hall–Kier alpha value is -0.660. The van der Waals surface area contributed by atoms with Gasteiger partial charge in [0.05, 0.1) is 0 Å². The maximum atomic E-state index is 12.5. The molecule has 0 aromatic carbocycles. The van der Waals surface area contributed by atoms with Crippen molar-refractivity contribution < 1.29 is 18.4 Å². The van der Waals surface area contributed by atoms with Crippen molar-refractivity contribution in [1.82, 2.24) is 9.79 Å². The van der Waals surface area contributed by atoms with Crippen molar-refractivity contribution in [3.63, 3.8) is 0 Å². The molecule has 6 nitrogen and oxygen atoms in total. The molecule has 1 fully saturated rings. The summed E-state index contributed by atoms with van der Waals surface area (Å²) in [5.41, 5.74) is 1.63. The molecular weight excluding hydrogens is 304 g/mol. The van der Waals surface area contributed by atoms with Crippen LogP contribution in [-0.2, 0) is 14.8 Å². The number of hydrogen-bond acceptors (Lipinski definition) is 4. The van der Waals surface area contributed by atoms with Gasteiger partial charge in [-0.15, -0.1) is 0 Å². The molecule has 1 amide bonds.